The van der Waals surface area contributed by atoms with E-state index >= 15 is 0 Å². The van der Waals surface area contributed by atoms with Crippen molar-refractivity contribution in [2.75, 3.05) is 0 Å². The normalized spacial score (nSPS) is 11.9. The summed E-state index contributed by atoms with van der Waals surface area (Å²) in [5.41, 5.74) is 1.37. The van der Waals surface area contributed by atoms with Crippen LogP contribution in [0.3, 0.4) is 0 Å². The van der Waals surface area contributed by atoms with Crippen molar-refractivity contribution in [3.05, 3.63) is 57.5 Å². The predicted molar refractivity (Wildman–Crippen MR) is 73.7 cm³/mol. The summed E-state index contributed by atoms with van der Waals surface area (Å²) in [7, 11) is 0. The van der Waals surface area contributed by atoms with E-state index in [1.165, 1.54) is 17.4 Å². The average molecular weight is 278 g/mol. The van der Waals surface area contributed by atoms with E-state index in [0.29, 0.717) is 5.57 Å². The van der Waals surface area contributed by atoms with Crippen LogP contribution in [-0.4, -0.2) is 0 Å². The number of rotatable bonds is 2. The van der Waals surface area contributed by atoms with E-state index in [1.807, 2.05) is 17.5 Å². The SMILES string of the molecule is Cc1ccc(/C(Cl)=C(\C#N)c2cccs2)c(F)c1. The van der Waals surface area contributed by atoms with Gasteiger partial charge in [0.05, 0.1) is 10.6 Å². The first-order valence-corrected chi connectivity index (χ1v) is 6.49. The van der Waals surface area contributed by atoms with Crippen molar-refractivity contribution in [1.29, 1.82) is 5.26 Å². The first-order valence-electron chi connectivity index (χ1n) is 5.23. The summed E-state index contributed by atoms with van der Waals surface area (Å²) >= 11 is 7.55. The van der Waals surface area contributed by atoms with E-state index in [0.717, 1.165) is 10.4 Å². The molecule has 90 valence electrons. The maximum absolute atomic E-state index is 13.8. The van der Waals surface area contributed by atoms with Gasteiger partial charge in [0.2, 0.25) is 0 Å². The summed E-state index contributed by atoms with van der Waals surface area (Å²) in [6.45, 7) is 1.80. The number of allylic oxidation sites excluding steroid dienone is 1. The van der Waals surface area contributed by atoms with Gasteiger partial charge in [-0.2, -0.15) is 5.26 Å². The molecule has 2 rings (SSSR count). The van der Waals surface area contributed by atoms with Crippen LogP contribution in [-0.2, 0) is 0 Å². The third-order valence-corrected chi connectivity index (χ3v) is 3.74. The Kier molecular flexibility index (Phi) is 3.81. The molecule has 0 spiro atoms. The molecule has 18 heavy (non-hydrogen) atoms. The second-order valence-corrected chi connectivity index (χ2v) is 5.09. The van der Waals surface area contributed by atoms with Crippen molar-refractivity contribution < 1.29 is 4.39 Å². The Balaban J connectivity index is 2.58. The number of benzene rings is 1. The molecule has 0 bridgehead atoms. The number of nitrogens with zero attached hydrogens (tertiary/aromatic N) is 1. The van der Waals surface area contributed by atoms with Crippen LogP contribution in [0, 0.1) is 24.1 Å². The standard InChI is InChI=1S/C14H9ClFNS/c1-9-4-5-10(12(16)7-9)14(15)11(8-17)13-3-2-6-18-13/h2-7H,1H3/b14-11-. The summed E-state index contributed by atoms with van der Waals surface area (Å²) in [5.74, 6) is -0.413. The molecule has 0 aliphatic carbocycles. The third-order valence-electron chi connectivity index (χ3n) is 2.46. The first kappa shape index (κ1) is 12.8. The van der Waals surface area contributed by atoms with Crippen LogP contribution in [0.2, 0.25) is 0 Å². The van der Waals surface area contributed by atoms with Gasteiger partial charge in [0.15, 0.2) is 0 Å². The smallest absolute Gasteiger partial charge is 0.132 e. The highest BCUT2D eigenvalue weighted by molar-refractivity contribution is 7.11. The maximum Gasteiger partial charge on any atom is 0.132 e. The Morgan fingerprint density at radius 3 is 2.72 bits per heavy atom. The van der Waals surface area contributed by atoms with Gasteiger partial charge in [-0.15, -0.1) is 11.3 Å². The van der Waals surface area contributed by atoms with Crippen molar-refractivity contribution in [2.24, 2.45) is 0 Å². The fourth-order valence-electron chi connectivity index (χ4n) is 1.57. The summed E-state index contributed by atoms with van der Waals surface area (Å²) in [5, 5.41) is 11.2. The van der Waals surface area contributed by atoms with Gasteiger partial charge < -0.3 is 0 Å². The van der Waals surface area contributed by atoms with E-state index in [-0.39, 0.29) is 10.6 Å². The lowest BCUT2D eigenvalue weighted by Gasteiger charge is -2.05. The number of thiophene rings is 1. The van der Waals surface area contributed by atoms with Crippen LogP contribution in [0.25, 0.3) is 10.6 Å². The molecule has 4 heteroatoms. The highest BCUT2D eigenvalue weighted by Crippen LogP contribution is 2.32. The summed E-state index contributed by atoms with van der Waals surface area (Å²) in [6.07, 6.45) is 0. The maximum atomic E-state index is 13.8. The molecule has 0 saturated carbocycles. The van der Waals surface area contributed by atoms with Crippen LogP contribution in [0.4, 0.5) is 4.39 Å². The molecular formula is C14H9ClFNS. The van der Waals surface area contributed by atoms with Gasteiger partial charge in [0, 0.05) is 10.4 Å². The zero-order valence-electron chi connectivity index (χ0n) is 9.58. The molecule has 1 aromatic heterocycles. The molecule has 0 radical (unpaired) electrons. The molecule has 0 amide bonds. The topological polar surface area (TPSA) is 23.8 Å². The second-order valence-electron chi connectivity index (χ2n) is 3.76. The Morgan fingerprint density at radius 1 is 1.39 bits per heavy atom. The Morgan fingerprint density at radius 2 is 2.17 bits per heavy atom. The number of hydrogen-bond donors (Lipinski definition) is 0. The van der Waals surface area contributed by atoms with Gasteiger partial charge in [-0.1, -0.05) is 29.8 Å². The molecule has 0 atom stereocenters. The van der Waals surface area contributed by atoms with E-state index in [2.05, 4.69) is 0 Å². The van der Waals surface area contributed by atoms with E-state index < -0.39 is 5.82 Å². The van der Waals surface area contributed by atoms with Crippen molar-refractivity contribution >= 4 is 33.5 Å². The van der Waals surface area contributed by atoms with Gasteiger partial charge in [0.1, 0.15) is 11.9 Å². The van der Waals surface area contributed by atoms with Crippen LogP contribution in [0.5, 0.6) is 0 Å². The number of aryl methyl sites for hydroxylation is 1. The van der Waals surface area contributed by atoms with Crippen LogP contribution in [0.1, 0.15) is 16.0 Å². The number of nitriles is 1. The molecule has 1 aromatic carbocycles. The second kappa shape index (κ2) is 5.34. The fraction of sp³-hybridized carbons (Fsp3) is 0.0714. The van der Waals surface area contributed by atoms with Gasteiger partial charge >= 0.3 is 0 Å². The van der Waals surface area contributed by atoms with E-state index in [4.69, 9.17) is 16.9 Å². The Bertz CT molecular complexity index is 638. The van der Waals surface area contributed by atoms with Gasteiger partial charge in [-0.25, -0.2) is 4.39 Å². The van der Waals surface area contributed by atoms with E-state index in [1.54, 1.807) is 25.1 Å². The Hall–Kier alpha value is -1.63. The van der Waals surface area contributed by atoms with Crippen LogP contribution in [0.15, 0.2) is 35.7 Å². The minimum atomic E-state index is -0.413. The lowest BCUT2D eigenvalue weighted by Crippen LogP contribution is -1.89. The summed E-state index contributed by atoms with van der Waals surface area (Å²) in [6, 6.07) is 10.4. The van der Waals surface area contributed by atoms with Crippen molar-refractivity contribution in [3.8, 4) is 6.07 Å². The number of halogens is 2. The largest absolute Gasteiger partial charge is 0.206 e. The fourth-order valence-corrected chi connectivity index (χ4v) is 2.65. The van der Waals surface area contributed by atoms with Crippen molar-refractivity contribution in [1.82, 2.24) is 0 Å². The third kappa shape index (κ3) is 2.45. The van der Waals surface area contributed by atoms with Gasteiger partial charge in [-0.05, 0) is 30.0 Å². The minimum absolute atomic E-state index is 0.150. The minimum Gasteiger partial charge on any atom is -0.206 e. The monoisotopic (exact) mass is 277 g/mol. The average Bonchev–Trinajstić information content (AvgIpc) is 2.83. The predicted octanol–water partition coefficient (Wildman–Crippen LogP) is 4.83. The summed E-state index contributed by atoms with van der Waals surface area (Å²) in [4.78, 5) is 0.738. The lowest BCUT2D eigenvalue weighted by atomic mass is 10.1. The molecule has 0 saturated heterocycles. The van der Waals surface area contributed by atoms with E-state index in [9.17, 15) is 4.39 Å². The molecule has 0 aliphatic heterocycles. The zero-order chi connectivity index (χ0) is 13.1. The molecule has 0 unspecified atom stereocenters. The quantitative estimate of drug-likeness (QED) is 0.722. The van der Waals surface area contributed by atoms with Gasteiger partial charge in [-0.3, -0.25) is 0 Å². The number of hydrogen-bond acceptors (Lipinski definition) is 2. The van der Waals surface area contributed by atoms with Crippen LogP contribution < -0.4 is 0 Å². The highest BCUT2D eigenvalue weighted by atomic mass is 35.5. The molecule has 2 aromatic rings. The molecule has 1 heterocycles. The molecule has 0 aliphatic rings. The van der Waals surface area contributed by atoms with Gasteiger partial charge in [0.25, 0.3) is 0 Å². The molecular weight excluding hydrogens is 269 g/mol. The Labute approximate surface area is 114 Å². The highest BCUT2D eigenvalue weighted by Gasteiger charge is 2.13. The summed E-state index contributed by atoms with van der Waals surface area (Å²) < 4.78 is 13.8. The van der Waals surface area contributed by atoms with Crippen molar-refractivity contribution in [2.45, 2.75) is 6.92 Å². The lowest BCUT2D eigenvalue weighted by molar-refractivity contribution is 0.623. The molecule has 1 nitrogen and oxygen atoms in total. The van der Waals surface area contributed by atoms with Crippen molar-refractivity contribution in [3.63, 3.8) is 0 Å². The molecule has 0 N–H and O–H groups in total. The first-order chi connectivity index (χ1) is 8.63. The zero-order valence-corrected chi connectivity index (χ0v) is 11.1. The van der Waals surface area contributed by atoms with Crippen LogP contribution >= 0.6 is 22.9 Å². The molecule has 0 fully saturated rings.